The maximum Gasteiger partial charge on any atom is 0.175 e. The molecule has 0 unspecified atom stereocenters. The van der Waals surface area contributed by atoms with Gasteiger partial charge in [0, 0.05) is 6.54 Å². The van der Waals surface area contributed by atoms with E-state index in [4.69, 9.17) is 9.47 Å². The van der Waals surface area contributed by atoms with Crippen LogP contribution >= 0.6 is 15.9 Å². The molecule has 3 nitrogen and oxygen atoms in total. The Hall–Kier alpha value is -1.00. The molecule has 0 aliphatic heterocycles. The van der Waals surface area contributed by atoms with Gasteiger partial charge in [-0.05, 0) is 46.6 Å². The molecule has 0 fully saturated rings. The van der Waals surface area contributed by atoms with Gasteiger partial charge in [-0.25, -0.2) is 0 Å². The van der Waals surface area contributed by atoms with Crippen molar-refractivity contribution in [3.8, 4) is 11.5 Å². The molecule has 0 aromatic heterocycles. The Balaban J connectivity index is 2.74. The van der Waals surface area contributed by atoms with Gasteiger partial charge >= 0.3 is 0 Å². The largest absolute Gasteiger partial charge is 0.493 e. The van der Waals surface area contributed by atoms with E-state index in [9.17, 15) is 0 Å². The van der Waals surface area contributed by atoms with E-state index >= 15 is 0 Å². The van der Waals surface area contributed by atoms with Crippen LogP contribution in [0.1, 0.15) is 25.3 Å². The topological polar surface area (TPSA) is 30.5 Å². The highest BCUT2D eigenvalue weighted by molar-refractivity contribution is 9.10. The van der Waals surface area contributed by atoms with Crippen LogP contribution in [0.3, 0.4) is 0 Å². The molecular formula is C15H22BrNO2. The van der Waals surface area contributed by atoms with Gasteiger partial charge in [-0.15, -0.1) is 0 Å². The molecule has 106 valence electrons. The third-order valence-electron chi connectivity index (χ3n) is 2.67. The van der Waals surface area contributed by atoms with E-state index < -0.39 is 0 Å². The number of benzene rings is 1. The number of hydrogen-bond donors (Lipinski definition) is 1. The predicted molar refractivity (Wildman–Crippen MR) is 83.0 cm³/mol. The Morgan fingerprint density at radius 3 is 2.84 bits per heavy atom. The standard InChI is InChI=1S/C15H22BrNO2/c1-4-6-7-17-11-12-9-13(16)15(19-8-5-2)14(10-12)18-3/h5,9-10,17H,2,4,6-8,11H2,1,3H3. The summed E-state index contributed by atoms with van der Waals surface area (Å²) in [5, 5.41) is 3.41. The normalized spacial score (nSPS) is 10.3. The van der Waals surface area contributed by atoms with E-state index in [1.54, 1.807) is 13.2 Å². The second-order valence-electron chi connectivity index (χ2n) is 4.24. The number of rotatable bonds is 9. The first-order valence-electron chi connectivity index (χ1n) is 6.53. The SMILES string of the molecule is C=CCOc1c(Br)cc(CNCCCC)cc1OC. The van der Waals surface area contributed by atoms with Crippen molar-refractivity contribution < 1.29 is 9.47 Å². The average molecular weight is 328 g/mol. The Morgan fingerprint density at radius 1 is 1.42 bits per heavy atom. The van der Waals surface area contributed by atoms with E-state index in [1.165, 1.54) is 18.4 Å². The Labute approximate surface area is 124 Å². The fourth-order valence-corrected chi connectivity index (χ4v) is 2.30. The van der Waals surface area contributed by atoms with Crippen molar-refractivity contribution in [3.05, 3.63) is 34.8 Å². The average Bonchev–Trinajstić information content (AvgIpc) is 2.42. The lowest BCUT2D eigenvalue weighted by atomic mass is 10.2. The van der Waals surface area contributed by atoms with Crippen LogP contribution in [0, 0.1) is 0 Å². The van der Waals surface area contributed by atoms with E-state index in [0.717, 1.165) is 29.1 Å². The van der Waals surface area contributed by atoms with Crippen molar-refractivity contribution >= 4 is 15.9 Å². The highest BCUT2D eigenvalue weighted by atomic mass is 79.9. The van der Waals surface area contributed by atoms with Crippen molar-refractivity contribution in [2.75, 3.05) is 20.3 Å². The van der Waals surface area contributed by atoms with Crippen LogP contribution in [0.5, 0.6) is 11.5 Å². The molecule has 0 saturated heterocycles. The molecule has 1 rings (SSSR count). The molecule has 0 aliphatic rings. The summed E-state index contributed by atoms with van der Waals surface area (Å²) >= 11 is 3.52. The third-order valence-corrected chi connectivity index (χ3v) is 3.26. The van der Waals surface area contributed by atoms with Crippen LogP contribution in [0.4, 0.5) is 0 Å². The van der Waals surface area contributed by atoms with Gasteiger partial charge < -0.3 is 14.8 Å². The lowest BCUT2D eigenvalue weighted by Gasteiger charge is -2.13. The van der Waals surface area contributed by atoms with Gasteiger partial charge in [0.25, 0.3) is 0 Å². The van der Waals surface area contributed by atoms with E-state index in [0.29, 0.717) is 6.61 Å². The number of ether oxygens (including phenoxy) is 2. The summed E-state index contributed by atoms with van der Waals surface area (Å²) in [5.74, 6) is 1.46. The fourth-order valence-electron chi connectivity index (χ4n) is 1.69. The molecule has 0 spiro atoms. The second kappa shape index (κ2) is 8.99. The van der Waals surface area contributed by atoms with Gasteiger partial charge in [0.15, 0.2) is 11.5 Å². The molecular weight excluding hydrogens is 306 g/mol. The zero-order chi connectivity index (χ0) is 14.1. The first-order chi connectivity index (χ1) is 9.22. The Morgan fingerprint density at radius 2 is 2.21 bits per heavy atom. The molecule has 0 amide bonds. The fraction of sp³-hybridized carbons (Fsp3) is 0.467. The van der Waals surface area contributed by atoms with Gasteiger partial charge in [-0.3, -0.25) is 0 Å². The maximum absolute atomic E-state index is 5.60. The van der Waals surface area contributed by atoms with Crippen LogP contribution in [0.2, 0.25) is 0 Å². The van der Waals surface area contributed by atoms with Gasteiger partial charge in [-0.1, -0.05) is 26.0 Å². The molecule has 0 atom stereocenters. The molecule has 0 bridgehead atoms. The molecule has 0 saturated carbocycles. The lowest BCUT2D eigenvalue weighted by molar-refractivity contribution is 0.324. The summed E-state index contributed by atoms with van der Waals surface area (Å²) in [7, 11) is 1.65. The predicted octanol–water partition coefficient (Wildman–Crippen LogP) is 3.91. The molecule has 0 radical (unpaired) electrons. The minimum Gasteiger partial charge on any atom is -0.493 e. The van der Waals surface area contributed by atoms with Gasteiger partial charge in [0.2, 0.25) is 0 Å². The maximum atomic E-state index is 5.60. The molecule has 0 heterocycles. The van der Waals surface area contributed by atoms with Crippen molar-refractivity contribution in [3.63, 3.8) is 0 Å². The molecule has 1 N–H and O–H groups in total. The van der Waals surface area contributed by atoms with Gasteiger partial charge in [0.1, 0.15) is 6.61 Å². The smallest absolute Gasteiger partial charge is 0.175 e. The zero-order valence-corrected chi connectivity index (χ0v) is 13.3. The van der Waals surface area contributed by atoms with Crippen molar-refractivity contribution in [2.45, 2.75) is 26.3 Å². The monoisotopic (exact) mass is 327 g/mol. The highest BCUT2D eigenvalue weighted by Crippen LogP contribution is 2.36. The summed E-state index contributed by atoms with van der Waals surface area (Å²) in [6.07, 6.45) is 4.11. The van der Waals surface area contributed by atoms with Gasteiger partial charge in [-0.2, -0.15) is 0 Å². The van der Waals surface area contributed by atoms with Crippen LogP contribution in [-0.2, 0) is 6.54 Å². The van der Waals surface area contributed by atoms with Crippen LogP contribution in [0.25, 0.3) is 0 Å². The molecule has 4 heteroatoms. The minimum absolute atomic E-state index is 0.461. The summed E-state index contributed by atoms with van der Waals surface area (Å²) in [6.45, 7) is 8.16. The summed E-state index contributed by atoms with van der Waals surface area (Å²) in [6, 6.07) is 4.06. The van der Waals surface area contributed by atoms with E-state index in [2.05, 4.69) is 40.8 Å². The number of hydrogen-bond acceptors (Lipinski definition) is 3. The minimum atomic E-state index is 0.461. The first-order valence-corrected chi connectivity index (χ1v) is 7.33. The molecule has 19 heavy (non-hydrogen) atoms. The van der Waals surface area contributed by atoms with Crippen LogP contribution in [0.15, 0.2) is 29.3 Å². The zero-order valence-electron chi connectivity index (χ0n) is 11.7. The summed E-state index contributed by atoms with van der Waals surface area (Å²) in [5.41, 5.74) is 1.17. The molecule has 1 aromatic carbocycles. The third kappa shape index (κ3) is 5.25. The first kappa shape index (κ1) is 16.1. The van der Waals surface area contributed by atoms with Crippen molar-refractivity contribution in [1.82, 2.24) is 5.32 Å². The highest BCUT2D eigenvalue weighted by Gasteiger charge is 2.11. The molecule has 1 aromatic rings. The number of unbranched alkanes of at least 4 members (excludes halogenated alkanes) is 1. The van der Waals surface area contributed by atoms with Gasteiger partial charge in [0.05, 0.1) is 11.6 Å². The number of methoxy groups -OCH3 is 1. The van der Waals surface area contributed by atoms with Crippen LogP contribution < -0.4 is 14.8 Å². The molecule has 0 aliphatic carbocycles. The van der Waals surface area contributed by atoms with Crippen molar-refractivity contribution in [2.24, 2.45) is 0 Å². The quantitative estimate of drug-likeness (QED) is 0.551. The number of nitrogens with one attached hydrogen (secondary N) is 1. The summed E-state index contributed by atoms with van der Waals surface area (Å²) < 4.78 is 11.9. The second-order valence-corrected chi connectivity index (χ2v) is 5.09. The van der Waals surface area contributed by atoms with E-state index in [-0.39, 0.29) is 0 Å². The van der Waals surface area contributed by atoms with Crippen molar-refractivity contribution in [1.29, 1.82) is 0 Å². The summed E-state index contributed by atoms with van der Waals surface area (Å²) in [4.78, 5) is 0. The number of halogens is 1. The van der Waals surface area contributed by atoms with E-state index in [1.807, 2.05) is 6.07 Å². The lowest BCUT2D eigenvalue weighted by Crippen LogP contribution is -2.14. The Kier molecular flexibility index (Phi) is 7.60. The Bertz CT molecular complexity index is 407. The van der Waals surface area contributed by atoms with Crippen LogP contribution in [-0.4, -0.2) is 20.3 Å².